The molecular weight excluding hydrogens is 166 g/mol. The van der Waals surface area contributed by atoms with Gasteiger partial charge in [0.25, 0.3) is 5.56 Å². The standard InChI is InChI=1S/C9H13N3O/c1-6(2)7-5-8(13)12-4-3-10-9(12)11-7/h5-6H,3-4H2,1-2H3,(H,10,11). The van der Waals surface area contributed by atoms with Crippen LogP contribution in [0.25, 0.3) is 0 Å². The third kappa shape index (κ3) is 1.32. The third-order valence-corrected chi connectivity index (χ3v) is 2.24. The van der Waals surface area contributed by atoms with E-state index in [9.17, 15) is 4.79 Å². The maximum atomic E-state index is 11.5. The molecule has 0 saturated carbocycles. The van der Waals surface area contributed by atoms with E-state index in [0.29, 0.717) is 5.92 Å². The molecule has 70 valence electrons. The van der Waals surface area contributed by atoms with Crippen molar-refractivity contribution in [2.45, 2.75) is 26.3 Å². The molecule has 0 fully saturated rings. The normalized spacial score (nSPS) is 14.4. The van der Waals surface area contributed by atoms with Crippen molar-refractivity contribution >= 4 is 5.95 Å². The molecule has 0 aromatic carbocycles. The van der Waals surface area contributed by atoms with Gasteiger partial charge in [-0.15, -0.1) is 0 Å². The molecule has 1 aromatic rings. The molecule has 1 aromatic heterocycles. The SMILES string of the molecule is CC(C)c1cc(=O)n2c(n1)NCC2. The fourth-order valence-electron chi connectivity index (χ4n) is 1.45. The monoisotopic (exact) mass is 179 g/mol. The molecule has 2 rings (SSSR count). The molecular formula is C9H13N3O. The molecule has 4 nitrogen and oxygen atoms in total. The van der Waals surface area contributed by atoms with Crippen LogP contribution in [0.1, 0.15) is 25.5 Å². The second-order valence-corrected chi connectivity index (χ2v) is 3.58. The Morgan fingerprint density at radius 3 is 3.08 bits per heavy atom. The van der Waals surface area contributed by atoms with Gasteiger partial charge in [-0.3, -0.25) is 9.36 Å². The van der Waals surface area contributed by atoms with Gasteiger partial charge in [-0.2, -0.15) is 0 Å². The molecule has 0 atom stereocenters. The molecule has 1 aliphatic rings. The maximum Gasteiger partial charge on any atom is 0.255 e. The zero-order valence-electron chi connectivity index (χ0n) is 7.87. The first-order valence-corrected chi connectivity index (χ1v) is 4.54. The summed E-state index contributed by atoms with van der Waals surface area (Å²) in [6.45, 7) is 5.62. The molecule has 0 aliphatic carbocycles. The second-order valence-electron chi connectivity index (χ2n) is 3.58. The van der Waals surface area contributed by atoms with Gasteiger partial charge in [0, 0.05) is 19.2 Å². The lowest BCUT2D eigenvalue weighted by molar-refractivity contribution is 0.734. The molecule has 1 aliphatic heterocycles. The van der Waals surface area contributed by atoms with E-state index in [4.69, 9.17) is 0 Å². The molecule has 0 unspecified atom stereocenters. The summed E-state index contributed by atoms with van der Waals surface area (Å²) in [5.74, 6) is 1.03. The summed E-state index contributed by atoms with van der Waals surface area (Å²) in [4.78, 5) is 15.9. The lowest BCUT2D eigenvalue weighted by Crippen LogP contribution is -2.19. The molecule has 1 N–H and O–H groups in total. The number of nitrogens with one attached hydrogen (secondary N) is 1. The Labute approximate surface area is 76.6 Å². The number of rotatable bonds is 1. The predicted octanol–water partition coefficient (Wildman–Crippen LogP) is 0.792. The van der Waals surface area contributed by atoms with E-state index >= 15 is 0 Å². The van der Waals surface area contributed by atoms with Crippen molar-refractivity contribution in [1.29, 1.82) is 0 Å². The summed E-state index contributed by atoms with van der Waals surface area (Å²) in [5.41, 5.74) is 0.921. The minimum atomic E-state index is 0.0544. The highest BCUT2D eigenvalue weighted by molar-refractivity contribution is 5.31. The molecule has 0 bridgehead atoms. The largest absolute Gasteiger partial charge is 0.354 e. The quantitative estimate of drug-likeness (QED) is 0.693. The summed E-state index contributed by atoms with van der Waals surface area (Å²) in [7, 11) is 0. The molecule has 13 heavy (non-hydrogen) atoms. The zero-order valence-corrected chi connectivity index (χ0v) is 7.87. The van der Waals surface area contributed by atoms with E-state index in [0.717, 1.165) is 24.7 Å². The Bertz CT molecular complexity index is 381. The van der Waals surface area contributed by atoms with Gasteiger partial charge < -0.3 is 5.32 Å². The summed E-state index contributed by atoms with van der Waals surface area (Å²) < 4.78 is 1.67. The fourth-order valence-corrected chi connectivity index (χ4v) is 1.45. The Morgan fingerprint density at radius 2 is 2.38 bits per heavy atom. The second kappa shape index (κ2) is 2.87. The molecule has 0 radical (unpaired) electrons. The van der Waals surface area contributed by atoms with Crippen LogP contribution >= 0.6 is 0 Å². The van der Waals surface area contributed by atoms with E-state index in [2.05, 4.69) is 10.3 Å². The molecule has 0 spiro atoms. The van der Waals surface area contributed by atoms with Crippen molar-refractivity contribution < 1.29 is 0 Å². The van der Waals surface area contributed by atoms with E-state index in [1.165, 1.54) is 0 Å². The van der Waals surface area contributed by atoms with Crippen molar-refractivity contribution in [1.82, 2.24) is 9.55 Å². The lowest BCUT2D eigenvalue weighted by Gasteiger charge is -2.06. The third-order valence-electron chi connectivity index (χ3n) is 2.24. The van der Waals surface area contributed by atoms with Gasteiger partial charge in [-0.1, -0.05) is 13.8 Å². The van der Waals surface area contributed by atoms with Crippen molar-refractivity contribution in [3.05, 3.63) is 22.1 Å². The highest BCUT2D eigenvalue weighted by Crippen LogP contribution is 2.13. The summed E-state index contributed by atoms with van der Waals surface area (Å²) >= 11 is 0. The zero-order chi connectivity index (χ0) is 9.42. The van der Waals surface area contributed by atoms with Crippen LogP contribution in [-0.2, 0) is 6.54 Å². The van der Waals surface area contributed by atoms with Crippen LogP contribution in [0, 0.1) is 0 Å². The average Bonchev–Trinajstić information content (AvgIpc) is 2.51. The Balaban J connectivity index is 2.56. The van der Waals surface area contributed by atoms with Gasteiger partial charge in [0.15, 0.2) is 0 Å². The number of nitrogens with zero attached hydrogens (tertiary/aromatic N) is 2. The predicted molar refractivity (Wildman–Crippen MR) is 51.1 cm³/mol. The maximum absolute atomic E-state index is 11.5. The number of anilines is 1. The van der Waals surface area contributed by atoms with Crippen LogP contribution in [0.3, 0.4) is 0 Å². The summed E-state index contributed by atoms with van der Waals surface area (Å²) in [6.07, 6.45) is 0. The van der Waals surface area contributed by atoms with Crippen LogP contribution < -0.4 is 10.9 Å². The van der Waals surface area contributed by atoms with E-state index in [1.807, 2.05) is 13.8 Å². The Hall–Kier alpha value is -1.32. The first kappa shape index (κ1) is 8.29. The first-order valence-electron chi connectivity index (χ1n) is 4.54. The van der Waals surface area contributed by atoms with Crippen LogP contribution in [0.15, 0.2) is 10.9 Å². The summed E-state index contributed by atoms with van der Waals surface area (Å²) in [6, 6.07) is 1.63. The number of hydrogen-bond donors (Lipinski definition) is 1. The van der Waals surface area contributed by atoms with Crippen molar-refractivity contribution in [3.8, 4) is 0 Å². The van der Waals surface area contributed by atoms with Gasteiger partial charge >= 0.3 is 0 Å². The van der Waals surface area contributed by atoms with Crippen molar-refractivity contribution in [2.24, 2.45) is 0 Å². The molecule has 0 amide bonds. The topological polar surface area (TPSA) is 46.9 Å². The van der Waals surface area contributed by atoms with E-state index in [-0.39, 0.29) is 5.56 Å². The van der Waals surface area contributed by atoms with Gasteiger partial charge in [0.2, 0.25) is 5.95 Å². The first-order chi connectivity index (χ1) is 6.18. The van der Waals surface area contributed by atoms with Gasteiger partial charge in [0.05, 0.1) is 5.69 Å². The highest BCUT2D eigenvalue weighted by Gasteiger charge is 2.14. The van der Waals surface area contributed by atoms with Crippen LogP contribution in [0.2, 0.25) is 0 Å². The van der Waals surface area contributed by atoms with Crippen molar-refractivity contribution in [3.63, 3.8) is 0 Å². The average molecular weight is 179 g/mol. The van der Waals surface area contributed by atoms with Gasteiger partial charge in [0.1, 0.15) is 0 Å². The van der Waals surface area contributed by atoms with E-state index in [1.54, 1.807) is 10.6 Å². The lowest BCUT2D eigenvalue weighted by atomic mass is 10.1. The number of aromatic nitrogens is 2. The highest BCUT2D eigenvalue weighted by atomic mass is 16.1. The summed E-state index contributed by atoms with van der Waals surface area (Å²) in [5, 5.41) is 3.09. The molecule has 4 heteroatoms. The minimum Gasteiger partial charge on any atom is -0.354 e. The van der Waals surface area contributed by atoms with Crippen LogP contribution in [0.5, 0.6) is 0 Å². The van der Waals surface area contributed by atoms with Gasteiger partial charge in [-0.05, 0) is 5.92 Å². The van der Waals surface area contributed by atoms with Gasteiger partial charge in [-0.25, -0.2) is 4.98 Å². The fraction of sp³-hybridized carbons (Fsp3) is 0.556. The number of fused-ring (bicyclic) bond motifs is 1. The smallest absolute Gasteiger partial charge is 0.255 e. The minimum absolute atomic E-state index is 0.0544. The van der Waals surface area contributed by atoms with E-state index < -0.39 is 0 Å². The molecule has 2 heterocycles. The van der Waals surface area contributed by atoms with Crippen LogP contribution in [-0.4, -0.2) is 16.1 Å². The van der Waals surface area contributed by atoms with Crippen LogP contribution in [0.4, 0.5) is 5.95 Å². The molecule has 0 saturated heterocycles. The van der Waals surface area contributed by atoms with Crippen molar-refractivity contribution in [2.75, 3.05) is 11.9 Å². The number of hydrogen-bond acceptors (Lipinski definition) is 3. The Kier molecular flexibility index (Phi) is 1.83. The Morgan fingerprint density at radius 1 is 1.62 bits per heavy atom.